The van der Waals surface area contributed by atoms with Gasteiger partial charge >= 0.3 is 0 Å². The summed E-state index contributed by atoms with van der Waals surface area (Å²) in [5.41, 5.74) is 0.124. The molecule has 0 radical (unpaired) electrons. The minimum absolute atomic E-state index is 0.124. The van der Waals surface area contributed by atoms with Crippen LogP contribution in [0.2, 0.25) is 0 Å². The van der Waals surface area contributed by atoms with Crippen LogP contribution in [0.3, 0.4) is 0 Å². The minimum atomic E-state index is -0.481. The predicted molar refractivity (Wildman–Crippen MR) is 68.3 cm³/mol. The van der Waals surface area contributed by atoms with Crippen molar-refractivity contribution < 1.29 is 8.78 Å². The molecule has 0 bridgehead atoms. The van der Waals surface area contributed by atoms with E-state index in [1.807, 2.05) is 0 Å². The third-order valence-corrected chi connectivity index (χ3v) is 3.62. The van der Waals surface area contributed by atoms with Crippen molar-refractivity contribution in [3.8, 4) is 0 Å². The van der Waals surface area contributed by atoms with Gasteiger partial charge in [0.25, 0.3) is 0 Å². The van der Waals surface area contributed by atoms with Crippen LogP contribution >= 0.6 is 0 Å². The average molecular weight is 254 g/mol. The number of nitrogens with zero attached hydrogens (tertiary/aromatic N) is 1. The first kappa shape index (κ1) is 13.4. The van der Waals surface area contributed by atoms with Crippen molar-refractivity contribution in [2.45, 2.75) is 38.4 Å². The van der Waals surface area contributed by atoms with Crippen molar-refractivity contribution >= 4 is 0 Å². The number of halogens is 2. The Balaban J connectivity index is 1.81. The lowest BCUT2D eigenvalue weighted by molar-refractivity contribution is 0.240. The highest BCUT2D eigenvalue weighted by Gasteiger charge is 2.28. The molecule has 1 aromatic rings. The van der Waals surface area contributed by atoms with Crippen molar-refractivity contribution in [3.05, 3.63) is 35.4 Å². The summed E-state index contributed by atoms with van der Waals surface area (Å²) in [5.74, 6) is -0.962. The molecule has 1 aliphatic rings. The summed E-state index contributed by atoms with van der Waals surface area (Å²) in [4.78, 5) is 2.32. The van der Waals surface area contributed by atoms with Gasteiger partial charge in [-0.2, -0.15) is 0 Å². The third-order valence-electron chi connectivity index (χ3n) is 3.62. The van der Waals surface area contributed by atoms with Gasteiger partial charge in [0.2, 0.25) is 0 Å². The first-order valence-corrected chi connectivity index (χ1v) is 6.45. The second-order valence-corrected chi connectivity index (χ2v) is 5.08. The summed E-state index contributed by atoms with van der Waals surface area (Å²) in [7, 11) is 2.10. The SMILES string of the molecule is CC(CNCc1c(F)cccc1F)N(C)C1CC1. The number of hydrogen-bond donors (Lipinski definition) is 1. The zero-order valence-corrected chi connectivity index (χ0v) is 10.9. The highest BCUT2D eigenvalue weighted by molar-refractivity contribution is 5.19. The molecule has 4 heteroatoms. The van der Waals surface area contributed by atoms with Gasteiger partial charge in [-0.3, -0.25) is 4.90 Å². The Morgan fingerprint density at radius 1 is 1.33 bits per heavy atom. The molecule has 0 aromatic heterocycles. The van der Waals surface area contributed by atoms with Gasteiger partial charge in [-0.25, -0.2) is 8.78 Å². The lowest BCUT2D eigenvalue weighted by Crippen LogP contribution is -2.39. The Morgan fingerprint density at radius 3 is 2.50 bits per heavy atom. The van der Waals surface area contributed by atoms with Crippen LogP contribution in [0.1, 0.15) is 25.3 Å². The van der Waals surface area contributed by atoms with Gasteiger partial charge in [0.05, 0.1) is 0 Å². The Kier molecular flexibility index (Phi) is 4.30. The molecule has 2 rings (SSSR count). The topological polar surface area (TPSA) is 15.3 Å². The Morgan fingerprint density at radius 2 is 1.94 bits per heavy atom. The van der Waals surface area contributed by atoms with Crippen LogP contribution in [0.25, 0.3) is 0 Å². The Labute approximate surface area is 107 Å². The lowest BCUT2D eigenvalue weighted by Gasteiger charge is -2.24. The smallest absolute Gasteiger partial charge is 0.130 e. The molecule has 2 nitrogen and oxygen atoms in total. The lowest BCUT2D eigenvalue weighted by atomic mass is 10.2. The molecule has 0 amide bonds. The quantitative estimate of drug-likeness (QED) is 0.839. The molecule has 0 heterocycles. The van der Waals surface area contributed by atoms with Crippen LogP contribution < -0.4 is 5.32 Å². The molecule has 1 unspecified atom stereocenters. The monoisotopic (exact) mass is 254 g/mol. The fraction of sp³-hybridized carbons (Fsp3) is 0.571. The number of nitrogens with one attached hydrogen (secondary N) is 1. The van der Waals surface area contributed by atoms with Crippen molar-refractivity contribution in [1.82, 2.24) is 10.2 Å². The summed E-state index contributed by atoms with van der Waals surface area (Å²) in [5, 5.41) is 3.12. The van der Waals surface area contributed by atoms with Crippen molar-refractivity contribution in [3.63, 3.8) is 0 Å². The van der Waals surface area contributed by atoms with Crippen molar-refractivity contribution in [2.75, 3.05) is 13.6 Å². The standard InChI is InChI=1S/C14H20F2N2/c1-10(18(2)11-6-7-11)8-17-9-12-13(15)4-3-5-14(12)16/h3-5,10-11,17H,6-9H2,1-2H3. The molecule has 0 aliphatic heterocycles. The first-order chi connectivity index (χ1) is 8.59. The van der Waals surface area contributed by atoms with E-state index in [2.05, 4.69) is 24.2 Å². The number of rotatable bonds is 6. The average Bonchev–Trinajstić information content (AvgIpc) is 3.16. The van der Waals surface area contributed by atoms with Crippen LogP contribution in [0, 0.1) is 11.6 Å². The van der Waals surface area contributed by atoms with E-state index in [-0.39, 0.29) is 12.1 Å². The van der Waals surface area contributed by atoms with E-state index in [9.17, 15) is 8.78 Å². The highest BCUT2D eigenvalue weighted by atomic mass is 19.1. The van der Waals surface area contributed by atoms with E-state index in [1.54, 1.807) is 0 Å². The van der Waals surface area contributed by atoms with Crippen molar-refractivity contribution in [1.29, 1.82) is 0 Å². The molecule has 1 atom stereocenters. The van der Waals surface area contributed by atoms with Crippen LogP contribution in [0.4, 0.5) is 8.78 Å². The van der Waals surface area contributed by atoms with Gasteiger partial charge in [0.1, 0.15) is 11.6 Å². The Bertz CT molecular complexity index is 385. The molecule has 1 fully saturated rings. The molecule has 1 saturated carbocycles. The highest BCUT2D eigenvalue weighted by Crippen LogP contribution is 2.26. The number of benzene rings is 1. The summed E-state index contributed by atoms with van der Waals surface area (Å²) >= 11 is 0. The molecule has 1 aromatic carbocycles. The molecule has 1 aliphatic carbocycles. The van der Waals surface area contributed by atoms with Crippen LogP contribution in [0.15, 0.2) is 18.2 Å². The second-order valence-electron chi connectivity index (χ2n) is 5.08. The minimum Gasteiger partial charge on any atom is -0.311 e. The number of likely N-dealkylation sites (N-methyl/N-ethyl adjacent to an activating group) is 1. The molecule has 100 valence electrons. The van der Waals surface area contributed by atoms with Gasteiger partial charge in [0, 0.05) is 30.7 Å². The normalized spacial score (nSPS) is 17.2. The molecular weight excluding hydrogens is 234 g/mol. The third kappa shape index (κ3) is 3.27. The molecule has 18 heavy (non-hydrogen) atoms. The largest absolute Gasteiger partial charge is 0.311 e. The fourth-order valence-electron chi connectivity index (χ4n) is 2.09. The van der Waals surface area contributed by atoms with Crippen LogP contribution in [-0.2, 0) is 6.54 Å². The summed E-state index contributed by atoms with van der Waals surface area (Å²) < 4.78 is 26.8. The Hall–Kier alpha value is -1.00. The van der Waals surface area contributed by atoms with E-state index in [0.29, 0.717) is 12.1 Å². The summed E-state index contributed by atoms with van der Waals surface area (Å²) in [6, 6.07) is 5.05. The van der Waals surface area contributed by atoms with Gasteiger partial charge < -0.3 is 5.32 Å². The molecular formula is C14H20F2N2. The van der Waals surface area contributed by atoms with E-state index >= 15 is 0 Å². The van der Waals surface area contributed by atoms with Gasteiger partial charge in [-0.15, -0.1) is 0 Å². The summed E-state index contributed by atoms with van der Waals surface area (Å²) in [6.07, 6.45) is 2.53. The van der Waals surface area contributed by atoms with E-state index in [0.717, 1.165) is 6.54 Å². The van der Waals surface area contributed by atoms with E-state index in [1.165, 1.54) is 31.0 Å². The van der Waals surface area contributed by atoms with Gasteiger partial charge in [0.15, 0.2) is 0 Å². The zero-order valence-electron chi connectivity index (χ0n) is 10.9. The van der Waals surface area contributed by atoms with Gasteiger partial charge in [-0.05, 0) is 38.9 Å². The van der Waals surface area contributed by atoms with Crippen LogP contribution in [-0.4, -0.2) is 30.6 Å². The maximum absolute atomic E-state index is 13.4. The molecule has 0 saturated heterocycles. The maximum Gasteiger partial charge on any atom is 0.130 e. The molecule has 1 N–H and O–H groups in total. The number of hydrogen-bond acceptors (Lipinski definition) is 2. The van der Waals surface area contributed by atoms with Crippen molar-refractivity contribution in [2.24, 2.45) is 0 Å². The maximum atomic E-state index is 13.4. The summed E-state index contributed by atoms with van der Waals surface area (Å²) in [6.45, 7) is 3.10. The van der Waals surface area contributed by atoms with E-state index in [4.69, 9.17) is 0 Å². The predicted octanol–water partition coefficient (Wildman–Crippen LogP) is 2.54. The fourth-order valence-corrected chi connectivity index (χ4v) is 2.09. The zero-order chi connectivity index (χ0) is 13.1. The first-order valence-electron chi connectivity index (χ1n) is 6.45. The van der Waals surface area contributed by atoms with Crippen LogP contribution in [0.5, 0.6) is 0 Å². The van der Waals surface area contributed by atoms with Gasteiger partial charge in [-0.1, -0.05) is 6.07 Å². The second kappa shape index (κ2) is 5.76. The molecule has 0 spiro atoms. The van der Waals surface area contributed by atoms with E-state index < -0.39 is 11.6 Å².